The minimum absolute atomic E-state index is 0. The molecule has 0 unspecified atom stereocenters. The number of ketones is 2. The predicted octanol–water partition coefficient (Wildman–Crippen LogP) is 8.93. The van der Waals surface area contributed by atoms with Crippen LogP contribution in [0.5, 0.6) is 23.0 Å². The van der Waals surface area contributed by atoms with Gasteiger partial charge in [-0.25, -0.2) is 9.59 Å². The van der Waals surface area contributed by atoms with E-state index in [1.807, 2.05) is 53.7 Å². The lowest BCUT2D eigenvalue weighted by Crippen LogP contribution is -2.34. The molecule has 0 aliphatic carbocycles. The van der Waals surface area contributed by atoms with Crippen LogP contribution in [-0.2, 0) is 19.1 Å². The first-order chi connectivity index (χ1) is 24.9. The molecule has 2 rings (SSSR count). The fourth-order valence-corrected chi connectivity index (χ4v) is 4.31. The summed E-state index contributed by atoms with van der Waals surface area (Å²) in [4.78, 5) is 48.8. The van der Waals surface area contributed by atoms with Crippen LogP contribution in [0.15, 0.2) is 36.4 Å². The molecule has 0 aliphatic rings. The summed E-state index contributed by atoms with van der Waals surface area (Å²) >= 11 is 0. The summed E-state index contributed by atoms with van der Waals surface area (Å²) in [7, 11) is 3.02. The Bertz CT molecular complexity index is 1430. The lowest BCUT2D eigenvalue weighted by molar-refractivity contribution is -0.121. The van der Waals surface area contributed by atoms with Crippen molar-refractivity contribution >= 4 is 35.9 Å². The molecule has 0 saturated carbocycles. The molecular formula is C41H66N2O10. The van der Waals surface area contributed by atoms with Crippen molar-refractivity contribution in [2.75, 3.05) is 40.5 Å². The Kier molecular flexibility index (Phi) is 22.0. The molecule has 2 amide bonds. The molecule has 2 N–H and O–H groups in total. The Labute approximate surface area is 319 Å². The molecular weight excluding hydrogens is 680 g/mol. The molecule has 2 aromatic rings. The Morgan fingerprint density at radius 2 is 0.962 bits per heavy atom. The lowest BCUT2D eigenvalue weighted by atomic mass is 10.1. The molecule has 0 aliphatic heterocycles. The molecule has 2 aromatic carbocycles. The molecule has 0 radical (unpaired) electrons. The highest BCUT2D eigenvalue weighted by molar-refractivity contribution is 6.10. The van der Waals surface area contributed by atoms with E-state index in [0.717, 1.165) is 11.1 Å². The molecule has 0 fully saturated rings. The van der Waals surface area contributed by atoms with Gasteiger partial charge in [0.25, 0.3) is 0 Å². The number of hydrogen-bond acceptors (Lipinski definition) is 10. The van der Waals surface area contributed by atoms with E-state index in [-0.39, 0.29) is 47.1 Å². The number of benzene rings is 2. The summed E-state index contributed by atoms with van der Waals surface area (Å²) < 4.78 is 33.1. The number of rotatable bonds is 16. The normalized spacial score (nSPS) is 11.0. The summed E-state index contributed by atoms with van der Waals surface area (Å²) in [6.07, 6.45) is 4.55. The van der Waals surface area contributed by atoms with E-state index in [4.69, 9.17) is 28.4 Å². The number of nitrogens with one attached hydrogen (secondary N) is 2. The second kappa shape index (κ2) is 24.3. The average molecular weight is 747 g/mol. The van der Waals surface area contributed by atoms with E-state index in [1.165, 1.54) is 26.4 Å². The third kappa shape index (κ3) is 20.0. The van der Waals surface area contributed by atoms with E-state index in [0.29, 0.717) is 34.1 Å². The van der Waals surface area contributed by atoms with Crippen molar-refractivity contribution in [3.05, 3.63) is 58.7 Å². The highest BCUT2D eigenvalue weighted by atomic mass is 16.6. The van der Waals surface area contributed by atoms with Crippen LogP contribution in [0.1, 0.15) is 101 Å². The first-order valence-corrected chi connectivity index (χ1v) is 17.9. The zero-order valence-electron chi connectivity index (χ0n) is 34.2. The van der Waals surface area contributed by atoms with Crippen LogP contribution in [0.2, 0.25) is 0 Å². The van der Waals surface area contributed by atoms with Gasteiger partial charge in [-0.2, -0.15) is 0 Å². The maximum atomic E-state index is 12.6. The second-order valence-electron chi connectivity index (χ2n) is 13.1. The van der Waals surface area contributed by atoms with Crippen molar-refractivity contribution < 1.29 is 50.5 Å². The third-order valence-corrected chi connectivity index (χ3v) is 6.27. The van der Waals surface area contributed by atoms with Gasteiger partial charge in [-0.15, -0.1) is 0 Å². The maximum Gasteiger partial charge on any atom is 0.407 e. The maximum absolute atomic E-state index is 12.6. The molecule has 0 spiro atoms. The molecule has 0 heterocycles. The van der Waals surface area contributed by atoms with Crippen LogP contribution in [0, 0.1) is 13.8 Å². The zero-order valence-corrected chi connectivity index (χ0v) is 34.2. The van der Waals surface area contributed by atoms with E-state index >= 15 is 0 Å². The number of ether oxygens (including phenoxy) is 6. The topological polar surface area (TPSA) is 148 Å². The van der Waals surface area contributed by atoms with Gasteiger partial charge in [-0.05, 0) is 114 Å². The number of methoxy groups -OCH3 is 2. The van der Waals surface area contributed by atoms with Gasteiger partial charge in [0.05, 0.1) is 33.7 Å². The molecule has 0 aromatic heterocycles. The van der Waals surface area contributed by atoms with E-state index in [1.54, 1.807) is 65.8 Å². The van der Waals surface area contributed by atoms with Gasteiger partial charge in [0, 0.05) is 2.85 Å². The number of hydrogen-bond donors (Lipinski definition) is 2. The average Bonchev–Trinajstić information content (AvgIpc) is 3.07. The van der Waals surface area contributed by atoms with Crippen LogP contribution in [0.25, 0.3) is 12.2 Å². The summed E-state index contributed by atoms with van der Waals surface area (Å²) in [5, 5.41) is 5.28. The van der Waals surface area contributed by atoms with Gasteiger partial charge < -0.3 is 39.1 Å². The first kappa shape index (κ1) is 48.0. The van der Waals surface area contributed by atoms with Crippen LogP contribution in [-0.4, -0.2) is 75.5 Å². The Morgan fingerprint density at radius 3 is 1.26 bits per heavy atom. The van der Waals surface area contributed by atoms with Crippen LogP contribution in [0.4, 0.5) is 9.59 Å². The van der Waals surface area contributed by atoms with Crippen molar-refractivity contribution in [2.24, 2.45) is 0 Å². The largest absolute Gasteiger partial charge is 0.493 e. The monoisotopic (exact) mass is 746 g/mol. The number of amides is 2. The Morgan fingerprint density at radius 1 is 0.623 bits per heavy atom. The Hall–Kier alpha value is -5.00. The number of alkyl carbamates (subject to hydrolysis) is 2. The van der Waals surface area contributed by atoms with Gasteiger partial charge >= 0.3 is 12.2 Å². The third-order valence-electron chi connectivity index (χ3n) is 6.27. The molecule has 12 nitrogen and oxygen atoms in total. The molecule has 0 bridgehead atoms. The van der Waals surface area contributed by atoms with Crippen LogP contribution >= 0.6 is 0 Å². The quantitative estimate of drug-likeness (QED) is 0.0969. The van der Waals surface area contributed by atoms with Gasteiger partial charge in [0.15, 0.2) is 34.6 Å². The lowest BCUT2D eigenvalue weighted by Gasteiger charge is -2.20. The second-order valence-corrected chi connectivity index (χ2v) is 13.1. The zero-order chi connectivity index (χ0) is 40.8. The van der Waals surface area contributed by atoms with Gasteiger partial charge in [0.1, 0.15) is 24.4 Å². The van der Waals surface area contributed by atoms with Crippen molar-refractivity contribution in [3.63, 3.8) is 0 Å². The number of allylic oxidation sites excluding steroid dienone is 2. The number of aryl methyl sites for hydroxylation is 2. The van der Waals surface area contributed by atoms with Crippen molar-refractivity contribution in [1.29, 1.82) is 0 Å². The molecule has 12 heteroatoms. The summed E-state index contributed by atoms with van der Waals surface area (Å²) in [5.74, 6) is 1.22. The SMILES string of the molecule is CC.CC.COc1cc(/C=C/C(=O)CC(=O)/C=C/c2cc(C)c(OCCNC(=O)OC(C)(C)C)c(OC)c2)cc(C)c1OCCNC(=O)OC(C)(C)C.[HH].[HH]. The van der Waals surface area contributed by atoms with Crippen molar-refractivity contribution in [3.8, 4) is 23.0 Å². The van der Waals surface area contributed by atoms with E-state index in [9.17, 15) is 19.2 Å². The van der Waals surface area contributed by atoms with Gasteiger partial charge in [-0.1, -0.05) is 39.8 Å². The standard InChI is InChI=1S/C37H50N2O10.2C2H6.2H2/c1-24-19-26(21-30(44-9)32(24)46-17-15-38-34(42)48-36(3,4)5)11-13-28(40)23-29(41)14-12-27-20-25(2)33(31(22-27)45-10)47-18-16-39-35(43)49-37(6,7)8;2*1-2;;/h11-14,19-22H,15-18,23H2,1-10H3,(H,38,42)(H,39,43);2*1-2H3;2*1H/b13-11+,14-12+;;;;. The highest BCUT2D eigenvalue weighted by Crippen LogP contribution is 2.34. The predicted molar refractivity (Wildman–Crippen MR) is 215 cm³/mol. The van der Waals surface area contributed by atoms with Crippen molar-refractivity contribution in [1.82, 2.24) is 10.6 Å². The molecule has 0 atom stereocenters. The van der Waals surface area contributed by atoms with Crippen molar-refractivity contribution in [2.45, 2.75) is 101 Å². The van der Waals surface area contributed by atoms with Crippen LogP contribution < -0.4 is 29.6 Å². The molecule has 53 heavy (non-hydrogen) atoms. The summed E-state index contributed by atoms with van der Waals surface area (Å²) in [6, 6.07) is 7.09. The molecule has 0 saturated heterocycles. The molecule has 300 valence electrons. The minimum atomic E-state index is -0.593. The van der Waals surface area contributed by atoms with Crippen LogP contribution in [0.3, 0.4) is 0 Å². The highest BCUT2D eigenvalue weighted by Gasteiger charge is 2.17. The minimum Gasteiger partial charge on any atom is -0.493 e. The number of carbonyl (C=O) groups is 4. The number of carbonyl (C=O) groups excluding carboxylic acids is 4. The van der Waals surface area contributed by atoms with E-state index in [2.05, 4.69) is 10.6 Å². The smallest absolute Gasteiger partial charge is 0.407 e. The van der Waals surface area contributed by atoms with E-state index < -0.39 is 23.4 Å². The fraction of sp³-hybridized carbons (Fsp3) is 0.512. The summed E-state index contributed by atoms with van der Waals surface area (Å²) in [5.41, 5.74) is 1.73. The fourth-order valence-electron chi connectivity index (χ4n) is 4.31. The Balaban J connectivity index is -0.00000435. The van der Waals surface area contributed by atoms with Gasteiger partial charge in [-0.3, -0.25) is 9.59 Å². The summed E-state index contributed by atoms with van der Waals surface area (Å²) in [6.45, 7) is 23.2. The first-order valence-electron chi connectivity index (χ1n) is 17.9. The van der Waals surface area contributed by atoms with Gasteiger partial charge in [0.2, 0.25) is 0 Å².